The lowest BCUT2D eigenvalue weighted by Crippen LogP contribution is -2.26. The van der Waals surface area contributed by atoms with Crippen LogP contribution in [-0.4, -0.2) is 48.4 Å². The molecule has 0 spiro atoms. The number of hydrogen-bond acceptors (Lipinski definition) is 4. The van der Waals surface area contributed by atoms with Crippen LogP contribution in [0.25, 0.3) is 11.1 Å². The highest BCUT2D eigenvalue weighted by Crippen LogP contribution is 2.30. The van der Waals surface area contributed by atoms with Crippen LogP contribution in [0.1, 0.15) is 12.0 Å². The molecule has 1 aliphatic rings. The van der Waals surface area contributed by atoms with Gasteiger partial charge in [-0.1, -0.05) is 41.0 Å². The van der Waals surface area contributed by atoms with E-state index in [-0.39, 0.29) is 24.1 Å². The molecule has 0 aromatic heterocycles. The fourth-order valence-electron chi connectivity index (χ4n) is 3.12. The van der Waals surface area contributed by atoms with Crippen molar-refractivity contribution < 1.29 is 19.1 Å². The third kappa shape index (κ3) is 5.67. The summed E-state index contributed by atoms with van der Waals surface area (Å²) in [5.41, 5.74) is 2.36. The summed E-state index contributed by atoms with van der Waals surface area (Å²) in [6.07, 6.45) is 2.27. The zero-order valence-electron chi connectivity index (χ0n) is 15.1. The van der Waals surface area contributed by atoms with Gasteiger partial charge in [-0.3, -0.25) is 9.69 Å². The van der Waals surface area contributed by atoms with Crippen molar-refractivity contribution in [3.8, 4) is 11.1 Å². The molecule has 1 atom stereocenters. The van der Waals surface area contributed by atoms with Crippen LogP contribution in [0.4, 0.5) is 4.39 Å². The average molecular weight is 427 g/mol. The predicted molar refractivity (Wildman–Crippen MR) is 110 cm³/mol. The van der Waals surface area contributed by atoms with E-state index in [1.165, 1.54) is 12.1 Å². The topological polar surface area (TPSA) is 62.1 Å². The van der Waals surface area contributed by atoms with E-state index in [0.717, 1.165) is 23.2 Å². The average Bonchev–Trinajstić information content (AvgIpc) is 3.11. The van der Waals surface area contributed by atoms with Crippen LogP contribution in [0.3, 0.4) is 0 Å². The molecular formula is C20H21Cl2FN2O3. The Labute approximate surface area is 174 Å². The van der Waals surface area contributed by atoms with E-state index in [1.54, 1.807) is 12.3 Å². The lowest BCUT2D eigenvalue weighted by atomic mass is 10.0. The summed E-state index contributed by atoms with van der Waals surface area (Å²) in [7, 11) is 0. The molecule has 1 aliphatic heterocycles. The minimum atomic E-state index is -0.743. The van der Waals surface area contributed by atoms with Gasteiger partial charge in [0, 0.05) is 24.2 Å². The molecule has 3 rings (SSSR count). The Morgan fingerprint density at radius 1 is 1.32 bits per heavy atom. The van der Waals surface area contributed by atoms with Gasteiger partial charge < -0.3 is 9.94 Å². The molecule has 0 saturated carbocycles. The van der Waals surface area contributed by atoms with Crippen molar-refractivity contribution in [1.82, 2.24) is 4.90 Å². The van der Waals surface area contributed by atoms with E-state index in [2.05, 4.69) is 10.1 Å². The Balaban J connectivity index is 0.00000280. The second-order valence-corrected chi connectivity index (χ2v) is 6.81. The quantitative estimate of drug-likeness (QED) is 0.406. The first-order valence-electron chi connectivity index (χ1n) is 8.69. The number of halogens is 3. The first kappa shape index (κ1) is 22.1. The van der Waals surface area contributed by atoms with Gasteiger partial charge >= 0.3 is 5.97 Å². The maximum Gasteiger partial charge on any atom is 0.307 e. The summed E-state index contributed by atoms with van der Waals surface area (Å²) in [6, 6.07) is 11.8. The summed E-state index contributed by atoms with van der Waals surface area (Å²) in [4.78, 5) is 18.3. The number of likely N-dealkylation sites (tertiary alicyclic amines) is 1. The number of carboxylic acid groups (broad SMARTS) is 1. The van der Waals surface area contributed by atoms with Gasteiger partial charge in [-0.15, -0.1) is 12.4 Å². The van der Waals surface area contributed by atoms with E-state index in [9.17, 15) is 9.18 Å². The highest BCUT2D eigenvalue weighted by Gasteiger charge is 2.27. The molecule has 28 heavy (non-hydrogen) atoms. The summed E-state index contributed by atoms with van der Waals surface area (Å²) in [6.45, 7) is 2.32. The Hall–Kier alpha value is -2.15. The second-order valence-electron chi connectivity index (χ2n) is 6.40. The van der Waals surface area contributed by atoms with Crippen LogP contribution in [0, 0.1) is 11.7 Å². The van der Waals surface area contributed by atoms with Gasteiger partial charge in [-0.25, -0.2) is 4.39 Å². The largest absolute Gasteiger partial charge is 0.481 e. The molecule has 8 heteroatoms. The van der Waals surface area contributed by atoms with E-state index in [0.29, 0.717) is 31.1 Å². The number of aliphatic carboxylic acids is 1. The fraction of sp³-hybridized carbons (Fsp3) is 0.300. The summed E-state index contributed by atoms with van der Waals surface area (Å²) in [5, 5.41) is 13.3. The lowest BCUT2D eigenvalue weighted by molar-refractivity contribution is -0.141. The highest BCUT2D eigenvalue weighted by atomic mass is 35.5. The number of carboxylic acids is 1. The maximum atomic E-state index is 13.3. The van der Waals surface area contributed by atoms with Gasteiger partial charge in [0.15, 0.2) is 0 Å². The number of nitrogens with zero attached hydrogens (tertiary/aromatic N) is 2. The van der Waals surface area contributed by atoms with E-state index in [4.69, 9.17) is 21.5 Å². The van der Waals surface area contributed by atoms with Crippen LogP contribution in [0.5, 0.6) is 0 Å². The van der Waals surface area contributed by atoms with Crippen LogP contribution in [0.2, 0.25) is 5.02 Å². The first-order chi connectivity index (χ1) is 13.0. The van der Waals surface area contributed by atoms with Crippen LogP contribution in [0.15, 0.2) is 47.6 Å². The molecule has 1 heterocycles. The fourth-order valence-corrected chi connectivity index (χ4v) is 3.39. The minimum absolute atomic E-state index is 0. The third-order valence-corrected chi connectivity index (χ3v) is 4.88. The third-order valence-electron chi connectivity index (χ3n) is 4.57. The number of benzene rings is 2. The number of hydrogen-bond donors (Lipinski definition) is 1. The Morgan fingerprint density at radius 3 is 2.82 bits per heavy atom. The Morgan fingerprint density at radius 2 is 2.11 bits per heavy atom. The molecule has 0 bridgehead atoms. The first-order valence-corrected chi connectivity index (χ1v) is 9.07. The molecule has 1 saturated heterocycles. The van der Waals surface area contributed by atoms with Crippen LogP contribution in [-0.2, 0) is 9.63 Å². The van der Waals surface area contributed by atoms with E-state index in [1.807, 2.05) is 24.3 Å². The van der Waals surface area contributed by atoms with Crippen molar-refractivity contribution in [1.29, 1.82) is 0 Å². The minimum Gasteiger partial charge on any atom is -0.481 e. The lowest BCUT2D eigenvalue weighted by Gasteiger charge is -2.13. The molecule has 5 nitrogen and oxygen atoms in total. The molecule has 1 unspecified atom stereocenters. The Kier molecular flexibility index (Phi) is 8.23. The van der Waals surface area contributed by atoms with Crippen molar-refractivity contribution in [2.45, 2.75) is 6.42 Å². The number of rotatable bonds is 7. The zero-order valence-corrected chi connectivity index (χ0v) is 16.6. The monoisotopic (exact) mass is 426 g/mol. The molecular weight excluding hydrogens is 406 g/mol. The summed E-state index contributed by atoms with van der Waals surface area (Å²) < 4.78 is 13.3. The molecule has 0 aliphatic carbocycles. The van der Waals surface area contributed by atoms with Crippen molar-refractivity contribution in [2.24, 2.45) is 11.1 Å². The van der Waals surface area contributed by atoms with Crippen molar-refractivity contribution in [3.63, 3.8) is 0 Å². The van der Waals surface area contributed by atoms with Gasteiger partial charge in [0.25, 0.3) is 0 Å². The predicted octanol–water partition coefficient (Wildman–Crippen LogP) is 4.32. The van der Waals surface area contributed by atoms with Gasteiger partial charge in [0.1, 0.15) is 12.4 Å². The van der Waals surface area contributed by atoms with Gasteiger partial charge in [-0.05, 0) is 36.7 Å². The SMILES string of the molecule is Cl.O=C(O)C1CCN(CCO/N=C/c2ccccc2-c2ccc(F)cc2Cl)C1. The summed E-state index contributed by atoms with van der Waals surface area (Å²) in [5.74, 6) is -1.42. The van der Waals surface area contributed by atoms with Crippen LogP contribution >= 0.6 is 24.0 Å². The highest BCUT2D eigenvalue weighted by molar-refractivity contribution is 6.33. The standard InChI is InChI=1S/C20H20ClFN2O3.ClH/c21-19-11-16(22)5-6-18(19)17-4-2-1-3-14(17)12-23-27-10-9-24-8-7-15(13-24)20(25)26;/h1-6,11-12,15H,7-10,13H2,(H,25,26);1H/b23-12+;. The molecule has 1 fully saturated rings. The van der Waals surface area contributed by atoms with Crippen molar-refractivity contribution in [3.05, 3.63) is 58.9 Å². The molecule has 0 radical (unpaired) electrons. The normalized spacial score (nSPS) is 16.9. The van der Waals surface area contributed by atoms with Gasteiger partial charge in [-0.2, -0.15) is 0 Å². The van der Waals surface area contributed by atoms with E-state index >= 15 is 0 Å². The molecule has 2 aromatic carbocycles. The van der Waals surface area contributed by atoms with Crippen LogP contribution < -0.4 is 0 Å². The molecule has 150 valence electrons. The number of carbonyl (C=O) groups is 1. The summed E-state index contributed by atoms with van der Waals surface area (Å²) >= 11 is 6.16. The Bertz CT molecular complexity index is 848. The van der Waals surface area contributed by atoms with E-state index < -0.39 is 5.97 Å². The van der Waals surface area contributed by atoms with Gasteiger partial charge in [0.05, 0.1) is 17.2 Å². The molecule has 0 amide bonds. The smallest absolute Gasteiger partial charge is 0.307 e. The second kappa shape index (κ2) is 10.4. The maximum absolute atomic E-state index is 13.3. The van der Waals surface area contributed by atoms with Crippen molar-refractivity contribution >= 4 is 36.2 Å². The molecule has 2 aromatic rings. The van der Waals surface area contributed by atoms with Crippen molar-refractivity contribution in [2.75, 3.05) is 26.2 Å². The number of oxime groups is 1. The zero-order chi connectivity index (χ0) is 19.2. The molecule has 1 N–H and O–H groups in total. The van der Waals surface area contributed by atoms with Gasteiger partial charge in [0.2, 0.25) is 0 Å².